The van der Waals surface area contributed by atoms with Crippen LogP contribution < -0.4 is 5.73 Å². The van der Waals surface area contributed by atoms with Gasteiger partial charge in [0.15, 0.2) is 0 Å². The van der Waals surface area contributed by atoms with E-state index >= 15 is 0 Å². The largest absolute Gasteiger partial charge is 0.419 e. The number of hydrogen-bond acceptors (Lipinski definition) is 2. The van der Waals surface area contributed by atoms with Gasteiger partial charge in [0, 0.05) is 18.3 Å². The zero-order chi connectivity index (χ0) is 14.2. The number of nitrogens with zero attached hydrogens (tertiary/aromatic N) is 2. The van der Waals surface area contributed by atoms with Gasteiger partial charge in [0.2, 0.25) is 0 Å². The minimum atomic E-state index is -4.40. The van der Waals surface area contributed by atoms with E-state index in [-0.39, 0.29) is 11.6 Å². The van der Waals surface area contributed by atoms with Crippen LogP contribution in [0, 0.1) is 0 Å². The third-order valence-electron chi connectivity index (χ3n) is 3.01. The van der Waals surface area contributed by atoms with E-state index in [4.69, 9.17) is 5.73 Å². The van der Waals surface area contributed by atoms with Crippen LogP contribution >= 0.6 is 0 Å². The molecule has 0 radical (unpaired) electrons. The Hall–Kier alpha value is -1.56. The maximum Gasteiger partial charge on any atom is 0.419 e. The lowest BCUT2D eigenvalue weighted by molar-refractivity contribution is -0.136. The Labute approximate surface area is 109 Å². The predicted molar refractivity (Wildman–Crippen MR) is 67.0 cm³/mol. The predicted octanol–water partition coefficient (Wildman–Crippen LogP) is 2.98. The Morgan fingerprint density at radius 2 is 2.05 bits per heavy atom. The summed E-state index contributed by atoms with van der Waals surface area (Å²) in [5.41, 5.74) is 6.24. The maximum absolute atomic E-state index is 13.0. The summed E-state index contributed by atoms with van der Waals surface area (Å²) in [7, 11) is 0. The molecule has 0 aromatic carbocycles. The van der Waals surface area contributed by atoms with Crippen molar-refractivity contribution in [3.05, 3.63) is 35.3 Å². The Kier molecular flexibility index (Phi) is 3.54. The minimum Gasteiger partial charge on any atom is -0.330 e. The van der Waals surface area contributed by atoms with Crippen molar-refractivity contribution >= 4 is 5.65 Å². The lowest BCUT2D eigenvalue weighted by Crippen LogP contribution is -2.10. The number of pyridine rings is 1. The average Bonchev–Trinajstić information content (AvgIpc) is 2.67. The summed E-state index contributed by atoms with van der Waals surface area (Å²) < 4.78 is 40.4. The van der Waals surface area contributed by atoms with E-state index < -0.39 is 11.7 Å². The lowest BCUT2D eigenvalue weighted by Gasteiger charge is -2.08. The van der Waals surface area contributed by atoms with Crippen molar-refractivity contribution in [2.45, 2.75) is 32.4 Å². The van der Waals surface area contributed by atoms with Crippen molar-refractivity contribution in [1.82, 2.24) is 9.38 Å². The molecule has 0 unspecified atom stereocenters. The molecule has 0 amide bonds. The Morgan fingerprint density at radius 1 is 1.37 bits per heavy atom. The maximum atomic E-state index is 13.0. The first-order chi connectivity index (χ1) is 8.86. The Balaban J connectivity index is 2.75. The van der Waals surface area contributed by atoms with Gasteiger partial charge in [-0.25, -0.2) is 4.98 Å². The molecule has 2 aromatic rings. The molecule has 0 aliphatic rings. The van der Waals surface area contributed by atoms with Crippen LogP contribution in [-0.4, -0.2) is 15.9 Å². The van der Waals surface area contributed by atoms with E-state index in [1.165, 1.54) is 10.5 Å². The number of alkyl halides is 3. The molecule has 0 fully saturated rings. The zero-order valence-electron chi connectivity index (χ0n) is 10.8. The van der Waals surface area contributed by atoms with E-state index in [2.05, 4.69) is 4.98 Å². The first-order valence-corrected chi connectivity index (χ1v) is 6.13. The summed E-state index contributed by atoms with van der Waals surface area (Å²) in [5.74, 6) is 0.0579. The normalized spacial score (nSPS) is 12.6. The fourth-order valence-corrected chi connectivity index (χ4v) is 2.20. The highest BCUT2D eigenvalue weighted by Gasteiger charge is 2.34. The molecule has 2 aromatic heterocycles. The van der Waals surface area contributed by atoms with Gasteiger partial charge in [0.25, 0.3) is 0 Å². The number of rotatable bonds is 3. The van der Waals surface area contributed by atoms with Crippen molar-refractivity contribution in [2.24, 2.45) is 5.73 Å². The van der Waals surface area contributed by atoms with Gasteiger partial charge >= 0.3 is 6.18 Å². The lowest BCUT2D eigenvalue weighted by atomic mass is 10.1. The van der Waals surface area contributed by atoms with Gasteiger partial charge in [0.05, 0.1) is 11.3 Å². The van der Waals surface area contributed by atoms with Crippen LogP contribution in [0.4, 0.5) is 13.2 Å². The van der Waals surface area contributed by atoms with Crippen molar-refractivity contribution in [2.75, 3.05) is 6.54 Å². The van der Waals surface area contributed by atoms with Gasteiger partial charge in [-0.3, -0.25) is 0 Å². The summed E-state index contributed by atoms with van der Waals surface area (Å²) in [6.45, 7) is 4.20. The number of imidazole rings is 1. The van der Waals surface area contributed by atoms with E-state index in [1.54, 1.807) is 6.20 Å². The Bertz CT molecular complexity index is 585. The van der Waals surface area contributed by atoms with Crippen LogP contribution in [0.25, 0.3) is 5.65 Å². The summed E-state index contributed by atoms with van der Waals surface area (Å²) in [5, 5.41) is 0. The van der Waals surface area contributed by atoms with Gasteiger partial charge in [-0.15, -0.1) is 0 Å². The van der Waals surface area contributed by atoms with Crippen molar-refractivity contribution < 1.29 is 13.2 Å². The van der Waals surface area contributed by atoms with Gasteiger partial charge in [-0.1, -0.05) is 13.8 Å². The number of halogens is 3. The fraction of sp³-hybridized carbons (Fsp3) is 0.462. The smallest absolute Gasteiger partial charge is 0.330 e. The third kappa shape index (κ3) is 2.45. The second-order valence-electron chi connectivity index (χ2n) is 4.75. The quantitative estimate of drug-likeness (QED) is 0.932. The number of aromatic nitrogens is 2. The third-order valence-corrected chi connectivity index (χ3v) is 3.01. The van der Waals surface area contributed by atoms with Crippen LogP contribution in [0.1, 0.15) is 36.7 Å². The van der Waals surface area contributed by atoms with Crippen molar-refractivity contribution in [1.29, 1.82) is 0 Å². The molecule has 6 heteroatoms. The SMILES string of the molecule is CC(C)c1nc2c(C(F)(F)F)cccn2c1CCN. The summed E-state index contributed by atoms with van der Waals surface area (Å²) >= 11 is 0. The van der Waals surface area contributed by atoms with Crippen LogP contribution in [-0.2, 0) is 12.6 Å². The molecule has 2 heterocycles. The standard InChI is InChI=1S/C13H16F3N3/c1-8(2)11-10(5-6-17)19-7-3-4-9(12(19)18-11)13(14,15)16/h3-4,7-8H,5-6,17H2,1-2H3. The highest BCUT2D eigenvalue weighted by atomic mass is 19.4. The monoisotopic (exact) mass is 271 g/mol. The van der Waals surface area contributed by atoms with Crippen LogP contribution in [0.5, 0.6) is 0 Å². The minimum absolute atomic E-state index is 0.0397. The summed E-state index contributed by atoms with van der Waals surface area (Å²) in [6.07, 6.45) is -2.29. The van der Waals surface area contributed by atoms with Gasteiger partial charge in [0.1, 0.15) is 5.65 Å². The summed E-state index contributed by atoms with van der Waals surface area (Å²) in [4.78, 5) is 4.18. The van der Waals surface area contributed by atoms with E-state index in [0.717, 1.165) is 11.8 Å². The molecule has 0 aliphatic heterocycles. The van der Waals surface area contributed by atoms with Gasteiger partial charge in [-0.05, 0) is 24.6 Å². The molecular weight excluding hydrogens is 255 g/mol. The van der Waals surface area contributed by atoms with Crippen LogP contribution in [0.2, 0.25) is 0 Å². The topological polar surface area (TPSA) is 43.3 Å². The second-order valence-corrected chi connectivity index (χ2v) is 4.75. The molecule has 0 spiro atoms. The van der Waals surface area contributed by atoms with Crippen molar-refractivity contribution in [3.8, 4) is 0 Å². The number of hydrogen-bond donors (Lipinski definition) is 1. The molecule has 104 valence electrons. The van der Waals surface area contributed by atoms with Crippen LogP contribution in [0.15, 0.2) is 18.3 Å². The fourth-order valence-electron chi connectivity index (χ4n) is 2.20. The molecule has 19 heavy (non-hydrogen) atoms. The van der Waals surface area contributed by atoms with E-state index in [9.17, 15) is 13.2 Å². The molecule has 0 aliphatic carbocycles. The highest BCUT2D eigenvalue weighted by molar-refractivity contribution is 5.53. The van der Waals surface area contributed by atoms with E-state index in [1.807, 2.05) is 13.8 Å². The van der Waals surface area contributed by atoms with Gasteiger partial charge < -0.3 is 10.1 Å². The summed E-state index contributed by atoms with van der Waals surface area (Å²) in [6, 6.07) is 2.44. The molecule has 3 nitrogen and oxygen atoms in total. The molecule has 2 N–H and O–H groups in total. The Morgan fingerprint density at radius 3 is 2.58 bits per heavy atom. The number of fused-ring (bicyclic) bond motifs is 1. The molecule has 0 saturated heterocycles. The molecule has 0 saturated carbocycles. The molecule has 2 rings (SSSR count). The van der Waals surface area contributed by atoms with Gasteiger partial charge in [-0.2, -0.15) is 13.2 Å². The molecule has 0 bridgehead atoms. The van der Waals surface area contributed by atoms with Crippen LogP contribution in [0.3, 0.4) is 0 Å². The highest BCUT2D eigenvalue weighted by Crippen LogP contribution is 2.33. The van der Waals surface area contributed by atoms with Crippen molar-refractivity contribution in [3.63, 3.8) is 0 Å². The average molecular weight is 271 g/mol. The first kappa shape index (κ1) is 13.9. The van der Waals surface area contributed by atoms with E-state index in [0.29, 0.717) is 18.7 Å². The molecular formula is C13H16F3N3. The zero-order valence-corrected chi connectivity index (χ0v) is 10.8. The second kappa shape index (κ2) is 4.85. The molecule has 0 atom stereocenters. The number of nitrogens with two attached hydrogens (primary N) is 1. The first-order valence-electron chi connectivity index (χ1n) is 6.13.